The second kappa shape index (κ2) is 6.20. The molecule has 1 aliphatic heterocycles. The third kappa shape index (κ3) is 3.82. The summed E-state index contributed by atoms with van der Waals surface area (Å²) in [5.74, 6) is 0. The van der Waals surface area contributed by atoms with Crippen LogP contribution >= 0.6 is 0 Å². The van der Waals surface area contributed by atoms with Gasteiger partial charge in [0, 0.05) is 0 Å². The normalized spacial score (nSPS) is 22.6. The van der Waals surface area contributed by atoms with Crippen LogP contribution in [0.25, 0.3) is 0 Å². The van der Waals surface area contributed by atoms with E-state index in [1.165, 1.54) is 12.8 Å². The van der Waals surface area contributed by atoms with Crippen molar-refractivity contribution in [3.63, 3.8) is 0 Å². The minimum atomic E-state index is -0.832. The van der Waals surface area contributed by atoms with E-state index in [0.29, 0.717) is 0 Å². The minimum absolute atomic E-state index is 0.287. The molecule has 1 fully saturated rings. The van der Waals surface area contributed by atoms with E-state index in [1.54, 1.807) is 6.08 Å². The Morgan fingerprint density at radius 2 is 1.61 bits per heavy atom. The van der Waals surface area contributed by atoms with Crippen molar-refractivity contribution in [2.24, 2.45) is 0 Å². The van der Waals surface area contributed by atoms with Gasteiger partial charge in [-0.05, 0) is 40.5 Å². The first-order valence-corrected chi connectivity index (χ1v) is 7.01. The van der Waals surface area contributed by atoms with Gasteiger partial charge in [-0.2, -0.15) is 0 Å². The van der Waals surface area contributed by atoms with Crippen LogP contribution in [0.5, 0.6) is 0 Å². The van der Waals surface area contributed by atoms with Crippen molar-refractivity contribution in [1.82, 2.24) is 0 Å². The average molecular weight is 256 g/mol. The van der Waals surface area contributed by atoms with E-state index in [2.05, 4.69) is 6.92 Å². The van der Waals surface area contributed by atoms with Gasteiger partial charge in [0.25, 0.3) is 0 Å². The summed E-state index contributed by atoms with van der Waals surface area (Å²) in [5, 5.41) is 0. The Bertz CT molecular complexity index is 284. The van der Waals surface area contributed by atoms with Crippen molar-refractivity contribution in [2.45, 2.75) is 77.9 Å². The van der Waals surface area contributed by atoms with Gasteiger partial charge in [0.2, 0.25) is 0 Å². The van der Waals surface area contributed by atoms with E-state index >= 15 is 0 Å². The van der Waals surface area contributed by atoms with Crippen LogP contribution in [0.3, 0.4) is 0 Å². The first-order valence-electron chi connectivity index (χ1n) is 7.01. The second-order valence-electron chi connectivity index (χ2n) is 6.03. The van der Waals surface area contributed by atoms with Crippen LogP contribution < -0.4 is 0 Å². The Hall–Kier alpha value is -0.345. The van der Waals surface area contributed by atoms with Gasteiger partial charge in [-0.1, -0.05) is 32.3 Å². The maximum atomic E-state index is 13.9. The molecule has 0 aromatic carbocycles. The van der Waals surface area contributed by atoms with Crippen molar-refractivity contribution in [3.05, 3.63) is 11.8 Å². The van der Waals surface area contributed by atoms with Crippen molar-refractivity contribution >= 4 is 7.12 Å². The lowest BCUT2D eigenvalue weighted by atomic mass is 9.87. The minimum Gasteiger partial charge on any atom is -0.398 e. The maximum Gasteiger partial charge on any atom is 0.524 e. The van der Waals surface area contributed by atoms with Gasteiger partial charge in [0.1, 0.15) is 5.73 Å². The number of allylic oxidation sites excluding steroid dienone is 1. The fraction of sp³-hybridized carbons (Fsp3) is 0.857. The maximum absolute atomic E-state index is 13.9. The van der Waals surface area contributed by atoms with Crippen LogP contribution in [0.1, 0.15) is 66.7 Å². The molecule has 1 heterocycles. The van der Waals surface area contributed by atoms with Gasteiger partial charge in [-0.3, -0.25) is 0 Å². The highest BCUT2D eigenvalue weighted by molar-refractivity contribution is 6.53. The van der Waals surface area contributed by atoms with Crippen molar-refractivity contribution < 1.29 is 13.7 Å². The summed E-state index contributed by atoms with van der Waals surface area (Å²) in [5.41, 5.74) is -1.22. The van der Waals surface area contributed by atoms with Gasteiger partial charge >= 0.3 is 7.12 Å². The molecule has 104 valence electrons. The zero-order valence-electron chi connectivity index (χ0n) is 12.4. The van der Waals surface area contributed by atoms with Crippen molar-refractivity contribution in [3.8, 4) is 0 Å². The van der Waals surface area contributed by atoms with Crippen LogP contribution in [0.2, 0.25) is 0 Å². The average Bonchev–Trinajstić information content (AvgIpc) is 2.48. The molecule has 0 saturated carbocycles. The molecular formula is C14H26BFO2. The predicted molar refractivity (Wildman–Crippen MR) is 74.0 cm³/mol. The van der Waals surface area contributed by atoms with Gasteiger partial charge in [0.05, 0.1) is 11.2 Å². The standard InChI is InChI=1S/C14H26BFO2/c1-6-7-8-9-10-11-12(16)15-17-13(2,3)14(4,5)18-15/h11H,6-10H2,1-5H3. The Balaban J connectivity index is 2.44. The summed E-state index contributed by atoms with van der Waals surface area (Å²) < 4.78 is 25.2. The SMILES string of the molecule is CCCCCCC=C(F)B1OC(C)(C)C(C)(C)O1. The molecule has 0 aromatic heterocycles. The van der Waals surface area contributed by atoms with E-state index in [4.69, 9.17) is 9.31 Å². The molecule has 0 aliphatic carbocycles. The summed E-state index contributed by atoms with van der Waals surface area (Å²) in [4.78, 5) is 0. The molecule has 18 heavy (non-hydrogen) atoms. The fourth-order valence-electron chi connectivity index (χ4n) is 1.86. The molecule has 0 aromatic rings. The summed E-state index contributed by atoms with van der Waals surface area (Å²) in [6.45, 7) is 9.90. The third-order valence-electron chi connectivity index (χ3n) is 3.88. The topological polar surface area (TPSA) is 18.5 Å². The van der Waals surface area contributed by atoms with Crippen LogP contribution in [0.4, 0.5) is 4.39 Å². The van der Waals surface area contributed by atoms with E-state index in [1.807, 2.05) is 27.7 Å². The predicted octanol–water partition coefficient (Wildman–Crippen LogP) is 4.44. The molecule has 0 amide bonds. The molecule has 0 N–H and O–H groups in total. The second-order valence-corrected chi connectivity index (χ2v) is 6.03. The molecule has 1 rings (SSSR count). The number of rotatable bonds is 6. The Kier molecular flexibility index (Phi) is 5.41. The van der Waals surface area contributed by atoms with Crippen molar-refractivity contribution in [1.29, 1.82) is 0 Å². The lowest BCUT2D eigenvalue weighted by molar-refractivity contribution is 0.00578. The molecule has 0 spiro atoms. The zero-order chi connectivity index (χ0) is 13.8. The molecule has 1 aliphatic rings. The van der Waals surface area contributed by atoms with E-state index in [0.717, 1.165) is 19.3 Å². The highest BCUT2D eigenvalue weighted by Crippen LogP contribution is 2.38. The quantitative estimate of drug-likeness (QED) is 0.516. The van der Waals surface area contributed by atoms with Crippen molar-refractivity contribution in [2.75, 3.05) is 0 Å². The summed E-state index contributed by atoms with van der Waals surface area (Å²) >= 11 is 0. The van der Waals surface area contributed by atoms with E-state index < -0.39 is 18.3 Å². The van der Waals surface area contributed by atoms with Crippen LogP contribution in [0.15, 0.2) is 11.8 Å². The molecule has 4 heteroatoms. The highest BCUT2D eigenvalue weighted by atomic mass is 19.1. The molecule has 0 bridgehead atoms. The summed E-state index contributed by atoms with van der Waals surface area (Å²) in [7, 11) is -0.832. The Morgan fingerprint density at radius 3 is 2.11 bits per heavy atom. The molecule has 2 nitrogen and oxygen atoms in total. The number of hydrogen-bond donors (Lipinski definition) is 0. The van der Waals surface area contributed by atoms with Crippen LogP contribution in [-0.4, -0.2) is 18.3 Å². The third-order valence-corrected chi connectivity index (χ3v) is 3.88. The number of hydrogen-bond acceptors (Lipinski definition) is 2. The monoisotopic (exact) mass is 256 g/mol. The fourth-order valence-corrected chi connectivity index (χ4v) is 1.86. The number of unbranched alkanes of at least 4 members (excludes halogenated alkanes) is 4. The van der Waals surface area contributed by atoms with E-state index in [-0.39, 0.29) is 5.73 Å². The van der Waals surface area contributed by atoms with Gasteiger partial charge in [0.15, 0.2) is 0 Å². The highest BCUT2D eigenvalue weighted by Gasteiger charge is 2.52. The first kappa shape index (κ1) is 15.7. The summed E-state index contributed by atoms with van der Waals surface area (Å²) in [6, 6.07) is 0. The summed E-state index contributed by atoms with van der Waals surface area (Å²) in [6.07, 6.45) is 6.97. The van der Waals surface area contributed by atoms with Gasteiger partial charge in [-0.25, -0.2) is 4.39 Å². The Morgan fingerprint density at radius 1 is 1.06 bits per heavy atom. The van der Waals surface area contributed by atoms with E-state index in [9.17, 15) is 4.39 Å². The number of halogens is 1. The largest absolute Gasteiger partial charge is 0.524 e. The Labute approximate surface area is 111 Å². The molecular weight excluding hydrogens is 230 g/mol. The lowest BCUT2D eigenvalue weighted by Gasteiger charge is -2.32. The molecule has 0 radical (unpaired) electrons. The molecule has 0 atom stereocenters. The molecule has 1 saturated heterocycles. The van der Waals surface area contributed by atoms with Crippen LogP contribution in [-0.2, 0) is 9.31 Å². The van der Waals surface area contributed by atoms with Crippen LogP contribution in [0, 0.1) is 0 Å². The zero-order valence-corrected chi connectivity index (χ0v) is 12.4. The van der Waals surface area contributed by atoms with Gasteiger partial charge in [-0.15, -0.1) is 0 Å². The lowest BCUT2D eigenvalue weighted by Crippen LogP contribution is -2.41. The first-order chi connectivity index (χ1) is 8.30. The molecule has 0 unspecified atom stereocenters. The smallest absolute Gasteiger partial charge is 0.398 e. The van der Waals surface area contributed by atoms with Gasteiger partial charge < -0.3 is 9.31 Å².